The summed E-state index contributed by atoms with van der Waals surface area (Å²) in [6.07, 6.45) is 3.01. The maximum Gasteiger partial charge on any atom is 0.199 e. The van der Waals surface area contributed by atoms with Gasteiger partial charge in [0.2, 0.25) is 0 Å². The van der Waals surface area contributed by atoms with E-state index >= 15 is 0 Å². The van der Waals surface area contributed by atoms with Crippen molar-refractivity contribution < 1.29 is 14.6 Å². The average molecular weight is 321 g/mol. The third kappa shape index (κ3) is 3.05. The van der Waals surface area contributed by atoms with Gasteiger partial charge in [-0.15, -0.1) is 0 Å². The molecule has 0 radical (unpaired) electrons. The summed E-state index contributed by atoms with van der Waals surface area (Å²) in [4.78, 5) is 4.57. The summed E-state index contributed by atoms with van der Waals surface area (Å²) in [5.74, 6) is 0.948. The predicted molar refractivity (Wildman–Crippen MR) is 93.1 cm³/mol. The number of hydrogen-bond acceptors (Lipinski definition) is 4. The first-order chi connectivity index (χ1) is 11.8. The maximum absolute atomic E-state index is 10.3. The van der Waals surface area contributed by atoms with Crippen molar-refractivity contribution in [3.63, 3.8) is 0 Å². The number of para-hydroxylation sites is 1. The molecule has 1 aliphatic rings. The lowest BCUT2D eigenvalue weighted by Crippen LogP contribution is -2.24. The Morgan fingerprint density at radius 3 is 2.67 bits per heavy atom. The largest absolute Gasteiger partial charge is 0.506 e. The average Bonchev–Trinajstić information content (AvgIpc) is 2.63. The van der Waals surface area contributed by atoms with E-state index in [4.69, 9.17) is 9.47 Å². The van der Waals surface area contributed by atoms with Gasteiger partial charge in [-0.25, -0.2) is 4.98 Å². The molecule has 3 aromatic rings. The van der Waals surface area contributed by atoms with Gasteiger partial charge in [-0.1, -0.05) is 18.2 Å². The number of ether oxygens (including phenoxy) is 2. The number of rotatable bonds is 3. The number of nitrogens with zero attached hydrogens (tertiary/aromatic N) is 1. The Kier molecular flexibility index (Phi) is 4.05. The van der Waals surface area contributed by atoms with Gasteiger partial charge in [-0.2, -0.15) is 0 Å². The smallest absolute Gasteiger partial charge is 0.199 e. The van der Waals surface area contributed by atoms with Gasteiger partial charge in [0, 0.05) is 17.4 Å². The fourth-order valence-corrected chi connectivity index (χ4v) is 2.96. The van der Waals surface area contributed by atoms with Crippen molar-refractivity contribution in [1.82, 2.24) is 4.98 Å². The van der Waals surface area contributed by atoms with E-state index in [0.717, 1.165) is 48.1 Å². The highest BCUT2D eigenvalue weighted by Crippen LogP contribution is 2.31. The molecular weight excluding hydrogens is 302 g/mol. The lowest BCUT2D eigenvalue weighted by molar-refractivity contribution is -0.105. The molecule has 0 saturated carbocycles. The number of aromatic nitrogens is 1. The highest BCUT2D eigenvalue weighted by atomic mass is 16.7. The Labute approximate surface area is 140 Å². The van der Waals surface area contributed by atoms with Crippen LogP contribution in [0.2, 0.25) is 0 Å². The van der Waals surface area contributed by atoms with Crippen molar-refractivity contribution in [2.75, 3.05) is 6.61 Å². The van der Waals surface area contributed by atoms with Crippen LogP contribution in [0.15, 0.2) is 54.6 Å². The second kappa shape index (κ2) is 6.49. The Morgan fingerprint density at radius 2 is 1.88 bits per heavy atom. The normalized spacial score (nSPS) is 17.8. The van der Waals surface area contributed by atoms with Crippen molar-refractivity contribution in [3.05, 3.63) is 54.6 Å². The summed E-state index contributed by atoms with van der Waals surface area (Å²) in [6.45, 7) is 0.762. The Hall–Kier alpha value is -2.59. The minimum Gasteiger partial charge on any atom is -0.506 e. The number of benzene rings is 2. The number of fused-ring (bicyclic) bond motifs is 1. The van der Waals surface area contributed by atoms with Crippen LogP contribution in [0.3, 0.4) is 0 Å². The molecule has 1 unspecified atom stereocenters. The van der Waals surface area contributed by atoms with Gasteiger partial charge in [-0.3, -0.25) is 0 Å². The van der Waals surface area contributed by atoms with Crippen LogP contribution < -0.4 is 4.74 Å². The zero-order chi connectivity index (χ0) is 16.4. The van der Waals surface area contributed by atoms with Gasteiger partial charge in [0.25, 0.3) is 0 Å². The fourth-order valence-electron chi connectivity index (χ4n) is 2.96. The topological polar surface area (TPSA) is 51.6 Å². The summed E-state index contributed by atoms with van der Waals surface area (Å²) in [5, 5.41) is 11.2. The Balaban J connectivity index is 1.59. The second-order valence-electron chi connectivity index (χ2n) is 5.99. The van der Waals surface area contributed by atoms with Crippen LogP contribution in [-0.4, -0.2) is 23.0 Å². The van der Waals surface area contributed by atoms with Gasteiger partial charge < -0.3 is 14.6 Å². The zero-order valence-corrected chi connectivity index (χ0v) is 13.3. The van der Waals surface area contributed by atoms with E-state index in [9.17, 15) is 5.11 Å². The van der Waals surface area contributed by atoms with Crippen LogP contribution >= 0.6 is 0 Å². The molecule has 1 N–H and O–H groups in total. The second-order valence-corrected chi connectivity index (χ2v) is 5.99. The number of pyridine rings is 1. The molecule has 0 amide bonds. The molecule has 0 spiro atoms. The predicted octanol–water partition coefficient (Wildman–Crippen LogP) is 4.51. The minimum atomic E-state index is -0.156. The van der Waals surface area contributed by atoms with Crippen LogP contribution in [0.1, 0.15) is 19.3 Å². The highest BCUT2D eigenvalue weighted by Gasteiger charge is 2.15. The first-order valence-corrected chi connectivity index (χ1v) is 8.27. The van der Waals surface area contributed by atoms with Crippen molar-refractivity contribution >= 4 is 10.9 Å². The monoisotopic (exact) mass is 321 g/mol. The van der Waals surface area contributed by atoms with Crippen molar-refractivity contribution in [3.8, 4) is 22.8 Å². The summed E-state index contributed by atoms with van der Waals surface area (Å²) < 4.78 is 11.4. The van der Waals surface area contributed by atoms with E-state index in [2.05, 4.69) is 4.98 Å². The van der Waals surface area contributed by atoms with Crippen molar-refractivity contribution in [2.24, 2.45) is 0 Å². The Morgan fingerprint density at radius 1 is 1.04 bits per heavy atom. The molecule has 1 fully saturated rings. The molecular formula is C20H19NO3. The third-order valence-corrected chi connectivity index (χ3v) is 4.24. The molecule has 1 atom stereocenters. The molecule has 0 bridgehead atoms. The molecule has 1 saturated heterocycles. The molecule has 4 rings (SSSR count). The first-order valence-electron chi connectivity index (χ1n) is 8.27. The van der Waals surface area contributed by atoms with Crippen LogP contribution in [0.4, 0.5) is 0 Å². The summed E-state index contributed by atoms with van der Waals surface area (Å²) in [7, 11) is 0. The van der Waals surface area contributed by atoms with E-state index in [1.165, 1.54) is 0 Å². The molecule has 1 aliphatic heterocycles. The Bertz CT molecular complexity index is 839. The van der Waals surface area contributed by atoms with Crippen LogP contribution in [0, 0.1) is 0 Å². The van der Waals surface area contributed by atoms with Crippen LogP contribution in [0.25, 0.3) is 22.2 Å². The van der Waals surface area contributed by atoms with Crippen molar-refractivity contribution in [2.45, 2.75) is 25.6 Å². The number of aromatic hydroxyl groups is 1. The van der Waals surface area contributed by atoms with Crippen LogP contribution in [0.5, 0.6) is 11.5 Å². The maximum atomic E-state index is 10.3. The fraction of sp³-hybridized carbons (Fsp3) is 0.250. The van der Waals surface area contributed by atoms with E-state index in [-0.39, 0.29) is 12.0 Å². The van der Waals surface area contributed by atoms with Gasteiger partial charge in [0.05, 0.1) is 12.1 Å². The van der Waals surface area contributed by atoms with Gasteiger partial charge in [0.1, 0.15) is 17.2 Å². The first kappa shape index (κ1) is 15.0. The standard InChI is InChI=1S/C20H19NO3/c22-18-13-15-5-1-2-6-17(15)21-20(18)14-8-10-16(11-9-14)24-19-7-3-4-12-23-19/h1-2,5-6,8-11,13,19,22H,3-4,7,12H2. The highest BCUT2D eigenvalue weighted by molar-refractivity contribution is 5.84. The zero-order valence-electron chi connectivity index (χ0n) is 13.3. The number of hydrogen-bond donors (Lipinski definition) is 1. The van der Waals surface area contributed by atoms with Gasteiger partial charge >= 0.3 is 0 Å². The molecule has 0 aliphatic carbocycles. The summed E-state index contributed by atoms with van der Waals surface area (Å²) >= 11 is 0. The lowest BCUT2D eigenvalue weighted by atomic mass is 10.1. The SMILES string of the molecule is Oc1cc2ccccc2nc1-c1ccc(OC2CCCCO2)cc1. The molecule has 1 aromatic heterocycles. The molecule has 4 nitrogen and oxygen atoms in total. The van der Waals surface area contributed by atoms with Crippen LogP contribution in [-0.2, 0) is 4.74 Å². The molecule has 4 heteroatoms. The minimum absolute atomic E-state index is 0.156. The quantitative estimate of drug-likeness (QED) is 0.771. The molecule has 24 heavy (non-hydrogen) atoms. The van der Waals surface area contributed by atoms with E-state index in [1.54, 1.807) is 6.07 Å². The summed E-state index contributed by atoms with van der Waals surface area (Å²) in [6, 6.07) is 17.1. The van der Waals surface area contributed by atoms with E-state index in [1.807, 2.05) is 48.5 Å². The van der Waals surface area contributed by atoms with E-state index in [0.29, 0.717) is 5.69 Å². The summed E-state index contributed by atoms with van der Waals surface area (Å²) in [5.41, 5.74) is 2.30. The van der Waals surface area contributed by atoms with E-state index < -0.39 is 0 Å². The third-order valence-electron chi connectivity index (χ3n) is 4.24. The van der Waals surface area contributed by atoms with Gasteiger partial charge in [0.15, 0.2) is 6.29 Å². The van der Waals surface area contributed by atoms with Gasteiger partial charge in [-0.05, 0) is 49.2 Å². The van der Waals surface area contributed by atoms with Crippen molar-refractivity contribution in [1.29, 1.82) is 0 Å². The molecule has 122 valence electrons. The lowest BCUT2D eigenvalue weighted by Gasteiger charge is -2.23. The molecule has 2 heterocycles. The molecule has 2 aromatic carbocycles.